The monoisotopic (exact) mass is 509 g/mol. The number of hydrogen-bond donors (Lipinski definition) is 1. The van der Waals surface area contributed by atoms with E-state index < -0.39 is 0 Å². The summed E-state index contributed by atoms with van der Waals surface area (Å²) >= 11 is 0. The first-order valence-corrected chi connectivity index (χ1v) is 12.3. The van der Waals surface area contributed by atoms with Crippen molar-refractivity contribution in [2.75, 3.05) is 146 Å². The van der Waals surface area contributed by atoms with Crippen molar-refractivity contribution in [3.05, 3.63) is 0 Å². The Hall–Kier alpha value is -0.880. The summed E-state index contributed by atoms with van der Waals surface area (Å²) in [5.41, 5.74) is 0. The minimum absolute atomic E-state index is 0.312. The van der Waals surface area contributed by atoms with Gasteiger partial charge in [-0.25, -0.2) is 0 Å². The number of rotatable bonds is 31. The molecule has 0 bridgehead atoms. The van der Waals surface area contributed by atoms with Crippen LogP contribution in [0.5, 0.6) is 0 Å². The molecule has 0 atom stereocenters. The maximum Gasteiger partial charge on any atom is 0.107 e. The zero-order chi connectivity index (χ0) is 25.3. The van der Waals surface area contributed by atoms with Gasteiger partial charge in [-0.2, -0.15) is 0 Å². The maximum absolute atomic E-state index is 5.44. The van der Waals surface area contributed by atoms with Crippen LogP contribution in [-0.4, -0.2) is 146 Å². The van der Waals surface area contributed by atoms with Gasteiger partial charge in [0, 0.05) is 6.54 Å². The molecule has 0 aromatic rings. The zero-order valence-electron chi connectivity index (χ0n) is 21.5. The number of hydrogen-bond acceptors (Lipinski definition) is 11. The Bertz CT molecular complexity index is 426. The Balaban J connectivity index is 3.00. The molecule has 0 saturated carbocycles. The lowest BCUT2D eigenvalue weighted by atomic mass is 10.6. The van der Waals surface area contributed by atoms with Crippen LogP contribution in [0.1, 0.15) is 0 Å². The maximum atomic E-state index is 5.44. The number of likely N-dealkylation sites (N-methyl/N-ethyl adjacent to an activating group) is 1. The van der Waals surface area contributed by atoms with E-state index in [9.17, 15) is 0 Å². The first kappa shape index (κ1) is 34.1. The first-order valence-electron chi connectivity index (χ1n) is 12.3. The summed E-state index contributed by atoms with van der Waals surface area (Å²) in [5.74, 6) is 2.40. The Labute approximate surface area is 211 Å². The third-order valence-corrected chi connectivity index (χ3v) is 4.03. The molecule has 0 radical (unpaired) electrons. The van der Waals surface area contributed by atoms with Crippen LogP contribution in [0.15, 0.2) is 0 Å². The summed E-state index contributed by atoms with van der Waals surface area (Å²) in [6, 6.07) is 0. The van der Waals surface area contributed by atoms with Gasteiger partial charge in [-0.3, -0.25) is 0 Å². The van der Waals surface area contributed by atoms with E-state index in [1.165, 1.54) is 0 Å². The fourth-order valence-corrected chi connectivity index (χ4v) is 2.28. The van der Waals surface area contributed by atoms with E-state index in [2.05, 4.69) is 11.2 Å². The third-order valence-electron chi connectivity index (χ3n) is 4.03. The van der Waals surface area contributed by atoms with Crippen LogP contribution >= 0.6 is 0 Å². The van der Waals surface area contributed by atoms with Gasteiger partial charge < -0.3 is 52.7 Å². The minimum Gasteiger partial charge on any atom is -0.378 e. The summed E-state index contributed by atoms with van der Waals surface area (Å²) in [5, 5.41) is 3.01. The molecule has 0 aliphatic carbocycles. The first-order chi connectivity index (χ1) is 17.4. The van der Waals surface area contributed by atoms with E-state index >= 15 is 0 Å². The van der Waals surface area contributed by atoms with E-state index in [1.807, 2.05) is 7.05 Å². The predicted molar refractivity (Wildman–Crippen MR) is 131 cm³/mol. The lowest BCUT2D eigenvalue weighted by Gasteiger charge is -2.09. The van der Waals surface area contributed by atoms with Gasteiger partial charge in [0.05, 0.1) is 126 Å². The van der Waals surface area contributed by atoms with Crippen molar-refractivity contribution in [2.45, 2.75) is 0 Å². The second kappa shape index (κ2) is 33.1. The normalized spacial score (nSPS) is 11.2. The Morgan fingerprint density at radius 1 is 0.400 bits per heavy atom. The molecule has 0 amide bonds. The van der Waals surface area contributed by atoms with Crippen molar-refractivity contribution >= 4 is 0 Å². The van der Waals surface area contributed by atoms with Crippen molar-refractivity contribution in [2.24, 2.45) is 0 Å². The highest BCUT2D eigenvalue weighted by atomic mass is 16.6. The molecule has 1 N–H and O–H groups in total. The molecule has 0 saturated heterocycles. The smallest absolute Gasteiger partial charge is 0.107 e. The highest BCUT2D eigenvalue weighted by Crippen LogP contribution is 1.86. The number of terminal acetylenes is 1. The highest BCUT2D eigenvalue weighted by Gasteiger charge is 1.95. The van der Waals surface area contributed by atoms with E-state index in [4.69, 9.17) is 53.8 Å². The van der Waals surface area contributed by atoms with Crippen molar-refractivity contribution in [1.82, 2.24) is 5.32 Å². The summed E-state index contributed by atoms with van der Waals surface area (Å²) in [4.78, 5) is 0. The summed E-state index contributed by atoms with van der Waals surface area (Å²) in [7, 11) is 1.89. The highest BCUT2D eigenvalue weighted by molar-refractivity contribution is 4.82. The molecule has 0 aromatic carbocycles. The van der Waals surface area contributed by atoms with E-state index in [0.717, 1.165) is 6.54 Å². The third kappa shape index (κ3) is 33.1. The van der Waals surface area contributed by atoms with Crippen LogP contribution in [0.4, 0.5) is 0 Å². The SMILES string of the molecule is C#CCOCCOCCOCCOCCOCCOCCOCCOCCOCCOCCNC. The van der Waals surface area contributed by atoms with Crippen LogP contribution in [0, 0.1) is 12.3 Å². The molecule has 0 aliphatic rings. The second-order valence-electron chi connectivity index (χ2n) is 6.87. The molecule has 35 heavy (non-hydrogen) atoms. The quantitative estimate of drug-likeness (QED) is 0.101. The van der Waals surface area contributed by atoms with Crippen LogP contribution in [-0.2, 0) is 47.4 Å². The van der Waals surface area contributed by atoms with Gasteiger partial charge in [0.2, 0.25) is 0 Å². The van der Waals surface area contributed by atoms with Gasteiger partial charge in [-0.05, 0) is 7.05 Å². The Morgan fingerprint density at radius 2 is 0.629 bits per heavy atom. The second-order valence-corrected chi connectivity index (χ2v) is 6.87. The van der Waals surface area contributed by atoms with Crippen LogP contribution < -0.4 is 5.32 Å². The molecule has 0 unspecified atom stereocenters. The number of nitrogens with one attached hydrogen (secondary N) is 1. The van der Waals surface area contributed by atoms with Crippen molar-refractivity contribution < 1.29 is 47.4 Å². The average molecular weight is 510 g/mol. The Morgan fingerprint density at radius 3 is 0.857 bits per heavy atom. The average Bonchev–Trinajstić information content (AvgIpc) is 2.87. The molecule has 0 aliphatic heterocycles. The van der Waals surface area contributed by atoms with E-state index in [-0.39, 0.29) is 0 Å². The molecule has 0 aromatic heterocycles. The van der Waals surface area contributed by atoms with Gasteiger partial charge in [0.15, 0.2) is 0 Å². The molecule has 0 heterocycles. The minimum atomic E-state index is 0.312. The number of ether oxygens (including phenoxy) is 10. The van der Waals surface area contributed by atoms with E-state index in [0.29, 0.717) is 132 Å². The molecular weight excluding hydrogens is 462 g/mol. The molecule has 0 rings (SSSR count). The molecule has 11 heteroatoms. The van der Waals surface area contributed by atoms with Gasteiger partial charge >= 0.3 is 0 Å². The van der Waals surface area contributed by atoms with Crippen LogP contribution in [0.2, 0.25) is 0 Å². The molecule has 0 fully saturated rings. The Kier molecular flexibility index (Phi) is 32.3. The standard InChI is InChI=1S/C24H47NO10/c1-3-5-26-7-9-28-11-13-30-15-17-32-19-21-34-23-24-35-22-20-33-18-16-31-14-12-29-10-8-27-6-4-25-2/h1,25H,4-24H2,2H3. The fraction of sp³-hybridized carbons (Fsp3) is 0.917. The van der Waals surface area contributed by atoms with Crippen molar-refractivity contribution in [1.29, 1.82) is 0 Å². The molecular formula is C24H47NO10. The zero-order valence-corrected chi connectivity index (χ0v) is 21.5. The lowest BCUT2D eigenvalue weighted by Crippen LogP contribution is -2.17. The van der Waals surface area contributed by atoms with Crippen molar-refractivity contribution in [3.8, 4) is 12.3 Å². The summed E-state index contributed by atoms with van der Waals surface area (Å²) in [6.07, 6.45) is 5.07. The molecule has 208 valence electrons. The van der Waals surface area contributed by atoms with Crippen molar-refractivity contribution in [3.63, 3.8) is 0 Å². The topological polar surface area (TPSA) is 104 Å². The lowest BCUT2D eigenvalue weighted by molar-refractivity contribution is -0.0260. The summed E-state index contributed by atoms with van der Waals surface area (Å²) in [6.45, 7) is 11.4. The van der Waals surface area contributed by atoms with Crippen LogP contribution in [0.3, 0.4) is 0 Å². The largest absolute Gasteiger partial charge is 0.378 e. The van der Waals surface area contributed by atoms with Gasteiger partial charge in [0.25, 0.3) is 0 Å². The summed E-state index contributed by atoms with van der Waals surface area (Å²) < 4.78 is 53.7. The predicted octanol–water partition coefficient (Wildman–Crippen LogP) is 0.00500. The van der Waals surface area contributed by atoms with Gasteiger partial charge in [-0.15, -0.1) is 6.42 Å². The molecule has 0 spiro atoms. The van der Waals surface area contributed by atoms with Gasteiger partial charge in [-0.1, -0.05) is 5.92 Å². The molecule has 11 nitrogen and oxygen atoms in total. The van der Waals surface area contributed by atoms with Crippen LogP contribution in [0.25, 0.3) is 0 Å². The van der Waals surface area contributed by atoms with E-state index in [1.54, 1.807) is 0 Å². The fourth-order valence-electron chi connectivity index (χ4n) is 2.28. The van der Waals surface area contributed by atoms with Gasteiger partial charge in [0.1, 0.15) is 6.61 Å².